The molecule has 41 heavy (non-hydrogen) atoms. The number of hydrogen-bond acceptors (Lipinski definition) is 8. The van der Waals surface area contributed by atoms with Crippen molar-refractivity contribution in [3.63, 3.8) is 0 Å². The minimum absolute atomic E-state index is 0.377. The fourth-order valence-corrected chi connectivity index (χ4v) is 6.40. The number of benzene rings is 2. The van der Waals surface area contributed by atoms with Crippen molar-refractivity contribution in [1.29, 1.82) is 0 Å². The molecule has 2 aliphatic heterocycles. The van der Waals surface area contributed by atoms with Crippen molar-refractivity contribution in [1.82, 2.24) is 0 Å². The van der Waals surface area contributed by atoms with Crippen LogP contribution in [0.25, 0.3) is 0 Å². The maximum absolute atomic E-state index is 15.0. The standard InChI is InChI=1S/C30H43B2NO7S/c1-26(2,3)36-25(34)20-33-41(35,23-16-12-14-21(18-23)31-37-27(4,5)28(6,7)38-31)24-17-13-15-22(19-24)32-39-29(8,9)30(10,11)40-32/h12-19H,20H2,1-11H3. The average molecular weight is 583 g/mol. The molecule has 0 unspecified atom stereocenters. The van der Waals surface area contributed by atoms with Gasteiger partial charge in [0.05, 0.1) is 32.2 Å². The Bertz CT molecular complexity index is 1320. The highest BCUT2D eigenvalue weighted by atomic mass is 32.2. The van der Waals surface area contributed by atoms with Gasteiger partial charge in [-0.15, -0.1) is 0 Å². The van der Waals surface area contributed by atoms with E-state index in [-0.39, 0.29) is 6.54 Å². The SMILES string of the molecule is CC(C)(C)OC(=O)CN=S(=O)(c1cccc(B2OC(C)(C)C(C)(C)O2)c1)c1cccc(B2OC(C)(C)C(C)(C)O2)c1. The average Bonchev–Trinajstić information content (AvgIpc) is 3.21. The van der Waals surface area contributed by atoms with Crippen LogP contribution < -0.4 is 10.9 Å². The van der Waals surface area contributed by atoms with Gasteiger partial charge in [0.15, 0.2) is 0 Å². The monoisotopic (exact) mass is 583 g/mol. The van der Waals surface area contributed by atoms with Crippen LogP contribution in [-0.4, -0.2) is 59.0 Å². The molecule has 0 aliphatic carbocycles. The van der Waals surface area contributed by atoms with Gasteiger partial charge in [-0.25, -0.2) is 8.57 Å². The van der Waals surface area contributed by atoms with Crippen molar-refractivity contribution in [2.45, 2.75) is 114 Å². The van der Waals surface area contributed by atoms with Crippen molar-refractivity contribution < 1.29 is 32.4 Å². The van der Waals surface area contributed by atoms with Crippen LogP contribution in [0.2, 0.25) is 0 Å². The van der Waals surface area contributed by atoms with Crippen molar-refractivity contribution >= 4 is 40.9 Å². The molecule has 2 saturated heterocycles. The third kappa shape index (κ3) is 6.44. The molecule has 0 amide bonds. The minimum Gasteiger partial charge on any atom is -0.459 e. The lowest BCUT2D eigenvalue weighted by Gasteiger charge is -2.32. The molecule has 222 valence electrons. The van der Waals surface area contributed by atoms with E-state index in [1.807, 2.05) is 67.5 Å². The first-order valence-electron chi connectivity index (χ1n) is 14.0. The number of nitrogens with zero attached hydrogens (tertiary/aromatic N) is 1. The number of ether oxygens (including phenoxy) is 1. The highest BCUT2D eigenvalue weighted by molar-refractivity contribution is 7.93. The first-order chi connectivity index (χ1) is 18.7. The molecule has 8 nitrogen and oxygen atoms in total. The number of carbonyl (C=O) groups excluding carboxylic acids is 1. The maximum Gasteiger partial charge on any atom is 0.494 e. The zero-order chi connectivity index (χ0) is 30.6. The Kier molecular flexibility index (Phi) is 8.15. The molecule has 4 rings (SSSR count). The third-order valence-corrected chi connectivity index (χ3v) is 10.5. The summed E-state index contributed by atoms with van der Waals surface area (Å²) in [7, 11) is -4.61. The van der Waals surface area contributed by atoms with Gasteiger partial charge in [-0.2, -0.15) is 0 Å². The molecule has 0 spiro atoms. The van der Waals surface area contributed by atoms with E-state index < -0.39 is 57.9 Å². The second kappa shape index (κ2) is 10.5. The number of carbonyl (C=O) groups is 1. The molecule has 0 radical (unpaired) electrons. The van der Waals surface area contributed by atoms with Crippen LogP contribution in [0.3, 0.4) is 0 Å². The largest absolute Gasteiger partial charge is 0.494 e. The lowest BCUT2D eigenvalue weighted by atomic mass is 9.79. The molecule has 0 atom stereocenters. The zero-order valence-electron chi connectivity index (χ0n) is 26.2. The molecule has 0 bridgehead atoms. The Morgan fingerprint density at radius 2 is 1.12 bits per heavy atom. The molecule has 0 N–H and O–H groups in total. The van der Waals surface area contributed by atoms with Gasteiger partial charge in [0.2, 0.25) is 0 Å². The van der Waals surface area contributed by atoms with Gasteiger partial charge in [-0.1, -0.05) is 24.3 Å². The molecule has 2 fully saturated rings. The van der Waals surface area contributed by atoms with Crippen LogP contribution in [0.15, 0.2) is 62.7 Å². The topological polar surface area (TPSA) is 92.7 Å². The van der Waals surface area contributed by atoms with Crippen molar-refractivity contribution in [3.05, 3.63) is 48.5 Å². The second-order valence-electron chi connectivity index (χ2n) is 13.7. The van der Waals surface area contributed by atoms with E-state index in [1.54, 1.807) is 57.2 Å². The predicted octanol–water partition coefficient (Wildman–Crippen LogP) is 4.51. The van der Waals surface area contributed by atoms with Crippen LogP contribution in [0.5, 0.6) is 0 Å². The molecular weight excluding hydrogens is 540 g/mol. The van der Waals surface area contributed by atoms with Crippen LogP contribution in [0.4, 0.5) is 0 Å². The fourth-order valence-electron chi connectivity index (χ4n) is 4.43. The van der Waals surface area contributed by atoms with Gasteiger partial charge < -0.3 is 23.4 Å². The normalized spacial score (nSPS) is 21.1. The molecule has 0 aromatic heterocycles. The molecule has 11 heteroatoms. The molecule has 2 heterocycles. The summed E-state index contributed by atoms with van der Waals surface area (Å²) >= 11 is 0. The quantitative estimate of drug-likeness (QED) is 0.365. The third-order valence-electron chi connectivity index (χ3n) is 8.20. The van der Waals surface area contributed by atoms with Gasteiger partial charge in [0.25, 0.3) is 0 Å². The number of esters is 1. The van der Waals surface area contributed by atoms with Crippen LogP contribution in [0, 0.1) is 0 Å². The summed E-state index contributed by atoms with van der Waals surface area (Å²) in [5, 5.41) is 0. The first-order valence-corrected chi connectivity index (χ1v) is 15.5. The second-order valence-corrected chi connectivity index (χ2v) is 16.0. The van der Waals surface area contributed by atoms with E-state index in [1.165, 1.54) is 0 Å². The Morgan fingerprint density at radius 3 is 1.46 bits per heavy atom. The summed E-state index contributed by atoms with van der Waals surface area (Å²) in [6.07, 6.45) is 0. The van der Waals surface area contributed by atoms with E-state index in [9.17, 15) is 9.00 Å². The Hall–Kier alpha value is -2.17. The van der Waals surface area contributed by atoms with Gasteiger partial charge in [-0.3, -0.25) is 4.79 Å². The lowest BCUT2D eigenvalue weighted by Crippen LogP contribution is -2.41. The van der Waals surface area contributed by atoms with Crippen LogP contribution >= 0.6 is 0 Å². The molecule has 0 saturated carbocycles. The van der Waals surface area contributed by atoms with Crippen LogP contribution in [-0.2, 0) is 37.9 Å². The number of hydrogen-bond donors (Lipinski definition) is 0. The smallest absolute Gasteiger partial charge is 0.459 e. The highest BCUT2D eigenvalue weighted by Gasteiger charge is 2.53. The van der Waals surface area contributed by atoms with Gasteiger partial charge in [0.1, 0.15) is 21.9 Å². The van der Waals surface area contributed by atoms with E-state index in [0.717, 1.165) is 0 Å². The summed E-state index contributed by atoms with van der Waals surface area (Å²) in [5.74, 6) is -0.561. The van der Waals surface area contributed by atoms with Gasteiger partial charge in [0, 0.05) is 0 Å². The van der Waals surface area contributed by atoms with E-state index in [4.69, 9.17) is 23.4 Å². The van der Waals surface area contributed by atoms with Crippen molar-refractivity contribution in [3.8, 4) is 0 Å². The summed E-state index contributed by atoms with van der Waals surface area (Å²) in [6, 6.07) is 14.4. The Labute approximate surface area is 246 Å². The summed E-state index contributed by atoms with van der Waals surface area (Å²) in [5.41, 5.74) is -1.41. The molecular formula is C30H43B2NO7S. The lowest BCUT2D eigenvalue weighted by molar-refractivity contribution is -0.152. The van der Waals surface area contributed by atoms with Crippen molar-refractivity contribution in [2.24, 2.45) is 4.36 Å². The molecule has 2 aliphatic rings. The summed E-state index contributed by atoms with van der Waals surface area (Å²) < 4.78 is 50.0. The Balaban J connectivity index is 1.78. The van der Waals surface area contributed by atoms with Crippen LogP contribution in [0.1, 0.15) is 76.2 Å². The van der Waals surface area contributed by atoms with E-state index in [0.29, 0.717) is 20.7 Å². The van der Waals surface area contributed by atoms with E-state index >= 15 is 0 Å². The fraction of sp³-hybridized carbons (Fsp3) is 0.567. The predicted molar refractivity (Wildman–Crippen MR) is 162 cm³/mol. The van der Waals surface area contributed by atoms with Gasteiger partial charge >= 0.3 is 20.2 Å². The van der Waals surface area contributed by atoms with Crippen molar-refractivity contribution in [2.75, 3.05) is 6.54 Å². The Morgan fingerprint density at radius 1 is 0.756 bits per heavy atom. The minimum atomic E-state index is -3.31. The van der Waals surface area contributed by atoms with Gasteiger partial charge in [-0.05, 0) is 111 Å². The summed E-state index contributed by atoms with van der Waals surface area (Å²) in [6.45, 7) is 20.8. The molecule has 2 aromatic rings. The highest BCUT2D eigenvalue weighted by Crippen LogP contribution is 2.38. The zero-order valence-corrected chi connectivity index (χ0v) is 27.0. The number of rotatable bonds is 6. The first kappa shape index (κ1) is 31.8. The maximum atomic E-state index is 15.0. The summed E-state index contributed by atoms with van der Waals surface area (Å²) in [4.78, 5) is 13.5. The van der Waals surface area contributed by atoms with E-state index in [2.05, 4.69) is 4.36 Å². The molecule has 2 aromatic carbocycles.